The maximum atomic E-state index is 6.93. The topological polar surface area (TPSA) is 69.9 Å². The van der Waals surface area contributed by atoms with Gasteiger partial charge in [0, 0.05) is 60.3 Å². The smallest absolute Gasteiger partial charge is 0.164 e. The Bertz CT molecular complexity index is 3920. The van der Waals surface area contributed by atoms with Gasteiger partial charge in [-0.25, -0.2) is 15.0 Å². The zero-order chi connectivity index (χ0) is 41.4. The van der Waals surface area contributed by atoms with Crippen LogP contribution in [0.1, 0.15) is 0 Å². The molecule has 63 heavy (non-hydrogen) atoms. The van der Waals surface area contributed by atoms with E-state index in [0.29, 0.717) is 17.5 Å². The van der Waals surface area contributed by atoms with E-state index in [2.05, 4.69) is 156 Å². The van der Waals surface area contributed by atoms with Crippen LogP contribution in [0.4, 0.5) is 0 Å². The second-order valence-corrected chi connectivity index (χ2v) is 15.9. The predicted octanol–water partition coefficient (Wildman–Crippen LogP) is 15.1. The number of nitrogens with zero attached hydrogens (tertiary/aromatic N) is 4. The normalized spacial score (nSPS) is 11.8. The minimum absolute atomic E-state index is 0.555. The van der Waals surface area contributed by atoms with Crippen molar-refractivity contribution >= 4 is 65.7 Å². The van der Waals surface area contributed by atoms with Gasteiger partial charge in [0.15, 0.2) is 17.5 Å². The zero-order valence-corrected chi connectivity index (χ0v) is 33.7. The number of hydrogen-bond donors (Lipinski definition) is 0. The van der Waals surface area contributed by atoms with Crippen molar-refractivity contribution in [3.05, 3.63) is 206 Å². The van der Waals surface area contributed by atoms with Gasteiger partial charge in [0.25, 0.3) is 0 Å². The fourth-order valence-corrected chi connectivity index (χ4v) is 9.42. The summed E-state index contributed by atoms with van der Waals surface area (Å²) in [5, 5.41) is 6.63. The molecule has 0 aliphatic rings. The molecule has 0 aliphatic carbocycles. The van der Waals surface area contributed by atoms with Gasteiger partial charge in [-0.05, 0) is 71.3 Å². The van der Waals surface area contributed by atoms with Gasteiger partial charge >= 0.3 is 0 Å². The number of furan rings is 2. The summed E-state index contributed by atoms with van der Waals surface area (Å²) in [6.45, 7) is 0. The molecular formula is C57H34N4O2. The van der Waals surface area contributed by atoms with E-state index in [0.717, 1.165) is 88.5 Å². The Morgan fingerprint density at radius 3 is 1.59 bits per heavy atom. The summed E-state index contributed by atoms with van der Waals surface area (Å²) in [6.07, 6.45) is 0. The molecule has 0 saturated heterocycles. The van der Waals surface area contributed by atoms with Crippen LogP contribution in [0.25, 0.3) is 128 Å². The van der Waals surface area contributed by atoms with Gasteiger partial charge in [0.05, 0.1) is 11.0 Å². The highest BCUT2D eigenvalue weighted by molar-refractivity contribution is 6.18. The molecule has 4 aromatic heterocycles. The van der Waals surface area contributed by atoms with E-state index in [1.165, 1.54) is 21.9 Å². The summed E-state index contributed by atoms with van der Waals surface area (Å²) in [7, 11) is 0. The van der Waals surface area contributed by atoms with Crippen molar-refractivity contribution in [2.75, 3.05) is 0 Å². The van der Waals surface area contributed by atoms with Crippen LogP contribution >= 0.6 is 0 Å². The van der Waals surface area contributed by atoms with Gasteiger partial charge in [0.1, 0.15) is 22.3 Å². The molecule has 0 spiro atoms. The Morgan fingerprint density at radius 1 is 0.317 bits per heavy atom. The summed E-state index contributed by atoms with van der Waals surface area (Å²) < 4.78 is 15.6. The van der Waals surface area contributed by atoms with Crippen LogP contribution in [-0.2, 0) is 0 Å². The Labute approximate surface area is 361 Å². The summed E-state index contributed by atoms with van der Waals surface area (Å²) in [6, 6.07) is 71.6. The molecule has 4 heterocycles. The van der Waals surface area contributed by atoms with E-state index in [-0.39, 0.29) is 0 Å². The van der Waals surface area contributed by atoms with Crippen LogP contribution in [0.2, 0.25) is 0 Å². The minimum atomic E-state index is 0.555. The van der Waals surface area contributed by atoms with Gasteiger partial charge in [0.2, 0.25) is 0 Å². The molecule has 294 valence electrons. The van der Waals surface area contributed by atoms with E-state index in [4.69, 9.17) is 23.8 Å². The molecular weight excluding hydrogens is 773 g/mol. The molecule has 6 heteroatoms. The monoisotopic (exact) mass is 806 g/mol. The van der Waals surface area contributed by atoms with Crippen molar-refractivity contribution in [3.63, 3.8) is 0 Å². The molecule has 0 unspecified atom stereocenters. The van der Waals surface area contributed by atoms with Crippen LogP contribution in [0.5, 0.6) is 0 Å². The van der Waals surface area contributed by atoms with Gasteiger partial charge in [-0.15, -0.1) is 0 Å². The first-order valence-corrected chi connectivity index (χ1v) is 21.1. The van der Waals surface area contributed by atoms with Crippen LogP contribution in [0.3, 0.4) is 0 Å². The third-order valence-electron chi connectivity index (χ3n) is 12.3. The van der Waals surface area contributed by atoms with Gasteiger partial charge in [-0.2, -0.15) is 0 Å². The van der Waals surface area contributed by atoms with Gasteiger partial charge in [-0.3, -0.25) is 0 Å². The molecule has 9 aromatic carbocycles. The average Bonchev–Trinajstić information content (AvgIpc) is 4.03. The number of fused-ring (bicyclic) bond motifs is 9. The highest BCUT2D eigenvalue weighted by Crippen LogP contribution is 2.45. The lowest BCUT2D eigenvalue weighted by Gasteiger charge is -2.13. The Balaban J connectivity index is 0.958. The fourth-order valence-electron chi connectivity index (χ4n) is 9.42. The number of para-hydroxylation sites is 4. The summed E-state index contributed by atoms with van der Waals surface area (Å²) in [5.41, 5.74) is 13.7. The first kappa shape index (κ1) is 35.2. The van der Waals surface area contributed by atoms with Crippen molar-refractivity contribution < 1.29 is 8.83 Å². The van der Waals surface area contributed by atoms with Crippen molar-refractivity contribution in [2.45, 2.75) is 0 Å². The lowest BCUT2D eigenvalue weighted by atomic mass is 9.91. The Hall–Kier alpha value is -8.61. The number of aromatic nitrogens is 4. The Kier molecular flexibility index (Phi) is 7.80. The van der Waals surface area contributed by atoms with E-state index in [1.54, 1.807) is 0 Å². The summed E-state index contributed by atoms with van der Waals surface area (Å²) in [5.74, 6) is 1.71. The van der Waals surface area contributed by atoms with Crippen LogP contribution < -0.4 is 0 Å². The molecule has 0 N–H and O–H groups in total. The quantitative estimate of drug-likeness (QED) is 0.167. The SMILES string of the molecule is c1ccc(-c2nc(-c3ccc4c(c3)oc3ccccc34)nc(-c3ccc4c(c3)oc3c(-c5ccccc5-c5cccc6c5c5ccccc5n6-c5ccccc5)cccc34)n2)cc1. The fraction of sp³-hybridized carbons (Fsp3) is 0. The molecule has 0 saturated carbocycles. The molecule has 0 aliphatic heterocycles. The minimum Gasteiger partial charge on any atom is -0.456 e. The van der Waals surface area contributed by atoms with Crippen LogP contribution in [-0.4, -0.2) is 19.5 Å². The molecule has 0 bridgehead atoms. The van der Waals surface area contributed by atoms with Crippen molar-refractivity contribution in [2.24, 2.45) is 0 Å². The van der Waals surface area contributed by atoms with Crippen molar-refractivity contribution in [1.29, 1.82) is 0 Å². The molecule has 0 amide bonds. The zero-order valence-electron chi connectivity index (χ0n) is 33.7. The number of rotatable bonds is 6. The molecule has 0 fully saturated rings. The third kappa shape index (κ3) is 5.62. The second-order valence-electron chi connectivity index (χ2n) is 15.9. The number of hydrogen-bond acceptors (Lipinski definition) is 5. The van der Waals surface area contributed by atoms with Gasteiger partial charge < -0.3 is 13.4 Å². The van der Waals surface area contributed by atoms with Gasteiger partial charge in [-0.1, -0.05) is 152 Å². The average molecular weight is 807 g/mol. The first-order valence-electron chi connectivity index (χ1n) is 21.1. The maximum absolute atomic E-state index is 6.93. The third-order valence-corrected chi connectivity index (χ3v) is 12.3. The summed E-state index contributed by atoms with van der Waals surface area (Å²) in [4.78, 5) is 15.1. The van der Waals surface area contributed by atoms with Crippen molar-refractivity contribution in [1.82, 2.24) is 19.5 Å². The number of benzene rings is 9. The lowest BCUT2D eigenvalue weighted by Crippen LogP contribution is -2.00. The molecule has 13 rings (SSSR count). The molecule has 6 nitrogen and oxygen atoms in total. The van der Waals surface area contributed by atoms with E-state index < -0.39 is 0 Å². The predicted molar refractivity (Wildman–Crippen MR) is 256 cm³/mol. The lowest BCUT2D eigenvalue weighted by molar-refractivity contribution is 0.669. The van der Waals surface area contributed by atoms with E-state index in [9.17, 15) is 0 Å². The largest absolute Gasteiger partial charge is 0.456 e. The van der Waals surface area contributed by atoms with E-state index >= 15 is 0 Å². The second kappa shape index (κ2) is 14.0. The molecule has 0 radical (unpaired) electrons. The maximum Gasteiger partial charge on any atom is 0.164 e. The van der Waals surface area contributed by atoms with Crippen LogP contribution in [0.15, 0.2) is 215 Å². The highest BCUT2D eigenvalue weighted by Gasteiger charge is 2.21. The Morgan fingerprint density at radius 2 is 0.825 bits per heavy atom. The van der Waals surface area contributed by atoms with Crippen LogP contribution in [0, 0.1) is 0 Å². The molecule has 13 aromatic rings. The standard InChI is InChI=1S/C57H34N4O2/c1-3-15-35(16-4-1)55-58-56(36-29-31-42-41-21-10-12-28-50(41)62-51(42)33-36)60-57(59-55)37-30-32-43-46-25-13-24-45(54(46)63-52(43)34-37)40-20-8-7-19-39(40)44-23-14-27-49-53(44)47-22-9-11-26-48(47)61(49)38-17-5-2-6-18-38/h1-34H. The van der Waals surface area contributed by atoms with E-state index in [1.807, 2.05) is 54.6 Å². The highest BCUT2D eigenvalue weighted by atomic mass is 16.3. The first-order chi connectivity index (χ1) is 31.2. The molecule has 0 atom stereocenters. The summed E-state index contributed by atoms with van der Waals surface area (Å²) >= 11 is 0. The van der Waals surface area contributed by atoms with Crippen molar-refractivity contribution in [3.8, 4) is 62.1 Å².